The highest BCUT2D eigenvalue weighted by atomic mass is 79.9. The number of rotatable bonds is 4. The second-order valence-corrected chi connectivity index (χ2v) is 9.01. The van der Waals surface area contributed by atoms with E-state index in [0.717, 1.165) is 6.07 Å². The van der Waals surface area contributed by atoms with E-state index in [2.05, 4.69) is 52.4 Å². The first-order chi connectivity index (χ1) is 15.1. The van der Waals surface area contributed by atoms with Crippen LogP contribution in [0.2, 0.25) is 0 Å². The molecule has 0 fully saturated rings. The second-order valence-electron chi connectivity index (χ2n) is 6.42. The molecule has 0 aliphatic carbocycles. The molecule has 0 aliphatic rings. The van der Waals surface area contributed by atoms with Crippen LogP contribution in [-0.4, -0.2) is 27.0 Å². The zero-order valence-corrected chi connectivity index (χ0v) is 19.5. The quantitative estimate of drug-likeness (QED) is 0.289. The Morgan fingerprint density at radius 2 is 1.84 bits per heavy atom. The van der Waals surface area contributed by atoms with Crippen molar-refractivity contribution in [3.05, 3.63) is 61.7 Å². The predicted octanol–water partition coefficient (Wildman–Crippen LogP) is 5.58. The van der Waals surface area contributed by atoms with Crippen molar-refractivity contribution < 1.29 is 22.8 Å². The van der Waals surface area contributed by atoms with Gasteiger partial charge in [0, 0.05) is 5.39 Å². The van der Waals surface area contributed by atoms with Crippen LogP contribution >= 0.6 is 43.2 Å². The second kappa shape index (κ2) is 8.30. The fraction of sp³-hybridized carbons (Fsp3) is 0.0526. The molecule has 4 aromatic rings. The summed E-state index contributed by atoms with van der Waals surface area (Å²) in [5.41, 5.74) is 4.86. The van der Waals surface area contributed by atoms with Gasteiger partial charge in [-0.1, -0.05) is 30.3 Å². The van der Waals surface area contributed by atoms with E-state index in [4.69, 9.17) is 5.73 Å². The minimum absolute atomic E-state index is 0.0337. The first-order valence-electron chi connectivity index (χ1n) is 8.68. The largest absolute Gasteiger partial charge is 0.433 e. The Balaban J connectivity index is 1.99. The maximum atomic E-state index is 13.5. The number of anilines is 1. The summed E-state index contributed by atoms with van der Waals surface area (Å²) in [6.45, 7) is 0. The number of H-pyrrole nitrogens is 1. The van der Waals surface area contributed by atoms with E-state index >= 15 is 0 Å². The number of alkyl halides is 3. The van der Waals surface area contributed by atoms with Gasteiger partial charge in [0.1, 0.15) is 20.0 Å². The van der Waals surface area contributed by atoms with Crippen LogP contribution in [0, 0.1) is 0 Å². The highest BCUT2D eigenvalue weighted by Gasteiger charge is 2.35. The minimum Gasteiger partial charge on any atom is -0.365 e. The van der Waals surface area contributed by atoms with Gasteiger partial charge in [-0.15, -0.1) is 11.3 Å². The number of thiophene rings is 1. The van der Waals surface area contributed by atoms with Gasteiger partial charge >= 0.3 is 6.18 Å². The number of aromatic nitrogens is 3. The summed E-state index contributed by atoms with van der Waals surface area (Å²) < 4.78 is 41.3. The lowest BCUT2D eigenvalue weighted by molar-refractivity contribution is -0.140. The average Bonchev–Trinajstić information content (AvgIpc) is 3.27. The van der Waals surface area contributed by atoms with Crippen LogP contribution in [0.25, 0.3) is 21.3 Å². The summed E-state index contributed by atoms with van der Waals surface area (Å²) in [4.78, 5) is 28.4. The third-order valence-electron chi connectivity index (χ3n) is 4.38. The molecule has 0 atom stereocenters. The molecule has 32 heavy (non-hydrogen) atoms. The van der Waals surface area contributed by atoms with Crippen molar-refractivity contribution in [2.24, 2.45) is 5.73 Å². The van der Waals surface area contributed by atoms with Crippen molar-refractivity contribution in [2.75, 3.05) is 5.32 Å². The molecule has 0 saturated heterocycles. The smallest absolute Gasteiger partial charge is 0.365 e. The molecule has 4 rings (SSSR count). The number of benzene rings is 1. The first-order valence-corrected chi connectivity index (χ1v) is 11.1. The number of amides is 2. The Hall–Kier alpha value is -2.77. The van der Waals surface area contributed by atoms with E-state index in [1.807, 2.05) is 0 Å². The molecule has 0 spiro atoms. The molecule has 13 heteroatoms. The molecular weight excluding hydrogens is 579 g/mol. The normalized spacial score (nSPS) is 11.7. The zero-order chi connectivity index (χ0) is 23.2. The van der Waals surface area contributed by atoms with Crippen LogP contribution in [0.5, 0.6) is 0 Å². The topological polar surface area (TPSA) is 114 Å². The van der Waals surface area contributed by atoms with Gasteiger partial charge in [0.15, 0.2) is 5.69 Å². The Morgan fingerprint density at radius 3 is 2.41 bits per heavy atom. The maximum Gasteiger partial charge on any atom is 0.433 e. The van der Waals surface area contributed by atoms with E-state index < -0.39 is 23.7 Å². The van der Waals surface area contributed by atoms with Crippen LogP contribution in [0.15, 0.2) is 45.5 Å². The van der Waals surface area contributed by atoms with Crippen molar-refractivity contribution in [3.8, 4) is 11.1 Å². The summed E-state index contributed by atoms with van der Waals surface area (Å²) in [5, 5.41) is 9.17. The Morgan fingerprint density at radius 1 is 1.16 bits per heavy atom. The van der Waals surface area contributed by atoms with Crippen molar-refractivity contribution >= 4 is 70.9 Å². The molecule has 4 N–H and O–H groups in total. The monoisotopic (exact) mass is 587 g/mol. The average molecular weight is 589 g/mol. The maximum absolute atomic E-state index is 13.5. The van der Waals surface area contributed by atoms with Gasteiger partial charge in [-0.2, -0.15) is 18.3 Å². The van der Waals surface area contributed by atoms with E-state index in [0.29, 0.717) is 26.0 Å². The molecule has 3 heterocycles. The van der Waals surface area contributed by atoms with Gasteiger partial charge in [-0.05, 0) is 49.1 Å². The fourth-order valence-electron chi connectivity index (χ4n) is 3.01. The van der Waals surface area contributed by atoms with Gasteiger partial charge in [0.05, 0.1) is 10.2 Å². The van der Waals surface area contributed by atoms with Crippen LogP contribution in [0.1, 0.15) is 25.9 Å². The number of nitrogens with one attached hydrogen (secondary N) is 2. The number of aromatic amines is 1. The highest BCUT2D eigenvalue weighted by molar-refractivity contribution is 9.13. The lowest BCUT2D eigenvalue weighted by Gasteiger charge is -2.12. The van der Waals surface area contributed by atoms with E-state index in [9.17, 15) is 22.8 Å². The number of pyridine rings is 1. The summed E-state index contributed by atoms with van der Waals surface area (Å²) in [6, 6.07) is 9.14. The van der Waals surface area contributed by atoms with Crippen LogP contribution in [0.3, 0.4) is 0 Å². The number of nitrogens with two attached hydrogens (primary N) is 1. The summed E-state index contributed by atoms with van der Waals surface area (Å²) in [7, 11) is 0. The predicted molar refractivity (Wildman–Crippen MR) is 121 cm³/mol. The van der Waals surface area contributed by atoms with Crippen molar-refractivity contribution in [2.45, 2.75) is 6.18 Å². The number of halogens is 5. The molecular formula is C19H10Br2F3N5O2S. The molecule has 0 unspecified atom stereocenters. The SMILES string of the molecule is NC(=O)c1sc2nc(C(F)(F)F)cc(-c3ccccc3)c2c1NC(=O)c1n[nH]c(Br)c1Br. The number of carbonyl (C=O) groups is 2. The standard InChI is InChI=1S/C19H10Br2F3N5O2S/c20-11-13(28-29-15(11)21)17(31)27-12-10-8(7-4-2-1-3-5-7)6-9(19(22,23)24)26-18(10)32-14(12)16(25)30/h1-6H,(H2,25,30)(H,27,31)(H,28,29). The molecule has 0 saturated carbocycles. The number of nitrogens with zero attached hydrogens (tertiary/aromatic N) is 2. The molecule has 0 bridgehead atoms. The summed E-state index contributed by atoms with van der Waals surface area (Å²) in [5.74, 6) is -1.63. The zero-order valence-electron chi connectivity index (χ0n) is 15.6. The number of carbonyl (C=O) groups excluding carboxylic acids is 2. The number of primary amides is 1. The highest BCUT2D eigenvalue weighted by Crippen LogP contribution is 2.43. The van der Waals surface area contributed by atoms with E-state index in [1.165, 1.54) is 0 Å². The van der Waals surface area contributed by atoms with Crippen LogP contribution < -0.4 is 11.1 Å². The summed E-state index contributed by atoms with van der Waals surface area (Å²) in [6.07, 6.45) is -4.72. The Labute approximate surface area is 198 Å². The molecule has 3 aromatic heterocycles. The Bertz CT molecular complexity index is 1370. The third-order valence-corrected chi connectivity index (χ3v) is 7.36. The molecule has 164 valence electrons. The molecule has 7 nitrogen and oxygen atoms in total. The van der Waals surface area contributed by atoms with Gasteiger partial charge in [-0.3, -0.25) is 14.7 Å². The third kappa shape index (κ3) is 4.02. The first kappa shape index (κ1) is 22.4. The Kier molecular flexibility index (Phi) is 5.81. The van der Waals surface area contributed by atoms with Crippen LogP contribution in [0.4, 0.5) is 18.9 Å². The fourth-order valence-corrected chi connectivity index (χ4v) is 4.65. The number of fused-ring (bicyclic) bond motifs is 1. The lowest BCUT2D eigenvalue weighted by atomic mass is 10.0. The van der Waals surface area contributed by atoms with Crippen LogP contribution in [-0.2, 0) is 6.18 Å². The van der Waals surface area contributed by atoms with Gasteiger partial charge in [-0.25, -0.2) is 4.98 Å². The number of hydrogen-bond acceptors (Lipinski definition) is 5. The van der Waals surface area contributed by atoms with E-state index in [1.54, 1.807) is 30.3 Å². The molecule has 1 aromatic carbocycles. The van der Waals surface area contributed by atoms with Gasteiger partial charge < -0.3 is 11.1 Å². The lowest BCUT2D eigenvalue weighted by Crippen LogP contribution is -2.17. The molecule has 0 radical (unpaired) electrons. The summed E-state index contributed by atoms with van der Waals surface area (Å²) >= 11 is 7.05. The minimum atomic E-state index is -4.72. The van der Waals surface area contributed by atoms with Crippen molar-refractivity contribution in [3.63, 3.8) is 0 Å². The number of hydrogen-bond donors (Lipinski definition) is 3. The molecule has 0 aliphatic heterocycles. The van der Waals surface area contributed by atoms with Gasteiger partial charge in [0.2, 0.25) is 0 Å². The van der Waals surface area contributed by atoms with E-state index in [-0.39, 0.29) is 32.0 Å². The molecule has 2 amide bonds. The van der Waals surface area contributed by atoms with Gasteiger partial charge in [0.25, 0.3) is 11.8 Å². The van der Waals surface area contributed by atoms with Crippen molar-refractivity contribution in [1.82, 2.24) is 15.2 Å². The van der Waals surface area contributed by atoms with Crippen molar-refractivity contribution in [1.29, 1.82) is 0 Å².